The van der Waals surface area contributed by atoms with Gasteiger partial charge in [0.15, 0.2) is 0 Å². The summed E-state index contributed by atoms with van der Waals surface area (Å²) in [5, 5.41) is 6.17. The van der Waals surface area contributed by atoms with E-state index in [1.807, 2.05) is 27.7 Å². The highest BCUT2D eigenvalue weighted by atomic mass is 32.2. The number of halogens is 3. The Hall–Kier alpha value is -1.29. The van der Waals surface area contributed by atoms with E-state index < -0.39 is 21.5 Å². The molecule has 0 aliphatic carbocycles. The number of nitrogens with one attached hydrogen (secondary N) is 1. The third-order valence-corrected chi connectivity index (χ3v) is 4.55. The Morgan fingerprint density at radius 2 is 1.91 bits per heavy atom. The van der Waals surface area contributed by atoms with Crippen LogP contribution in [0.5, 0.6) is 5.88 Å². The number of H-pyrrole nitrogens is 1. The van der Waals surface area contributed by atoms with E-state index in [9.17, 15) is 21.6 Å². The van der Waals surface area contributed by atoms with E-state index in [1.54, 1.807) is 0 Å². The van der Waals surface area contributed by atoms with E-state index in [2.05, 4.69) is 19.3 Å². The first-order valence-corrected chi connectivity index (χ1v) is 8.07. The molecule has 0 radical (unpaired) electrons. The Kier molecular flexibility index (Phi) is 3.97. The van der Waals surface area contributed by atoms with Crippen molar-refractivity contribution >= 4 is 10.1 Å². The van der Waals surface area contributed by atoms with Gasteiger partial charge in [0.2, 0.25) is 0 Å². The van der Waals surface area contributed by atoms with Crippen LogP contribution >= 0.6 is 0 Å². The van der Waals surface area contributed by atoms with Crippen LogP contribution in [-0.2, 0) is 23.1 Å². The lowest BCUT2D eigenvalue weighted by Gasteiger charge is -2.42. The molecule has 0 bridgehead atoms. The van der Waals surface area contributed by atoms with E-state index in [4.69, 9.17) is 0 Å². The Morgan fingerprint density at radius 1 is 1.32 bits per heavy atom. The maximum Gasteiger partial charge on any atom is 0.534 e. The molecule has 1 aliphatic rings. The van der Waals surface area contributed by atoms with Gasteiger partial charge in [-0.25, -0.2) is 0 Å². The molecule has 0 saturated carbocycles. The fraction of sp³-hybridized carbons (Fsp3) is 0.750. The summed E-state index contributed by atoms with van der Waals surface area (Å²) in [6.45, 7) is 8.43. The summed E-state index contributed by atoms with van der Waals surface area (Å²) in [6.07, 6.45) is 0.353. The van der Waals surface area contributed by atoms with Gasteiger partial charge in [-0.3, -0.25) is 10.00 Å². The fourth-order valence-electron chi connectivity index (χ4n) is 2.57. The summed E-state index contributed by atoms with van der Waals surface area (Å²) in [7, 11) is -5.71. The minimum atomic E-state index is -5.71. The molecule has 0 aromatic carbocycles. The second-order valence-electron chi connectivity index (χ2n) is 6.32. The fourth-order valence-corrected chi connectivity index (χ4v) is 3.01. The normalized spacial score (nSPS) is 20.8. The van der Waals surface area contributed by atoms with Gasteiger partial charge in [0.05, 0.1) is 5.69 Å². The Bertz CT molecular complexity index is 661. The van der Waals surface area contributed by atoms with Crippen LogP contribution in [0.15, 0.2) is 0 Å². The Labute approximate surface area is 126 Å². The van der Waals surface area contributed by atoms with Gasteiger partial charge in [0, 0.05) is 23.7 Å². The van der Waals surface area contributed by atoms with Crippen LogP contribution in [0.25, 0.3) is 0 Å². The quantitative estimate of drug-likeness (QED) is 0.659. The summed E-state index contributed by atoms with van der Waals surface area (Å²) >= 11 is 0. The highest BCUT2D eigenvalue weighted by molar-refractivity contribution is 7.87. The third-order valence-electron chi connectivity index (χ3n) is 3.61. The van der Waals surface area contributed by atoms with Crippen molar-refractivity contribution in [3.05, 3.63) is 11.3 Å². The van der Waals surface area contributed by atoms with Crippen molar-refractivity contribution in [1.29, 1.82) is 0 Å². The average Bonchev–Trinajstić information content (AvgIpc) is 2.67. The summed E-state index contributed by atoms with van der Waals surface area (Å²) in [4.78, 5) is 2.15. The molecule has 6 nitrogen and oxygen atoms in total. The van der Waals surface area contributed by atoms with E-state index >= 15 is 0 Å². The van der Waals surface area contributed by atoms with Crippen LogP contribution < -0.4 is 4.18 Å². The van der Waals surface area contributed by atoms with Crippen molar-refractivity contribution in [2.45, 2.75) is 57.7 Å². The zero-order valence-corrected chi connectivity index (χ0v) is 13.5. The number of aromatic amines is 1. The molecular formula is C12H18F3N3O3S. The maximum atomic E-state index is 12.4. The van der Waals surface area contributed by atoms with Crippen LogP contribution in [0.3, 0.4) is 0 Å². The molecule has 1 atom stereocenters. The molecule has 1 aromatic rings. The van der Waals surface area contributed by atoms with Crippen LogP contribution in [-0.4, -0.2) is 40.6 Å². The molecule has 0 fully saturated rings. The number of hydrogen-bond acceptors (Lipinski definition) is 5. The van der Waals surface area contributed by atoms with E-state index in [1.165, 1.54) is 0 Å². The van der Waals surface area contributed by atoms with Gasteiger partial charge in [-0.15, -0.1) is 5.10 Å². The number of alkyl halides is 3. The minimum absolute atomic E-state index is 0.0149. The second-order valence-corrected chi connectivity index (χ2v) is 7.86. The van der Waals surface area contributed by atoms with Gasteiger partial charge in [-0.05, 0) is 34.1 Å². The van der Waals surface area contributed by atoms with E-state index in [0.717, 1.165) is 0 Å². The molecule has 2 heterocycles. The van der Waals surface area contributed by atoms with E-state index in [0.29, 0.717) is 24.2 Å². The molecule has 1 N–H and O–H groups in total. The molecule has 10 heteroatoms. The van der Waals surface area contributed by atoms with Gasteiger partial charge >= 0.3 is 15.6 Å². The van der Waals surface area contributed by atoms with Crippen LogP contribution in [0.4, 0.5) is 13.2 Å². The molecule has 0 saturated heterocycles. The number of hydrogen-bond donors (Lipinski definition) is 1. The molecule has 126 valence electrons. The second kappa shape index (κ2) is 5.12. The molecular weight excluding hydrogens is 323 g/mol. The van der Waals surface area contributed by atoms with E-state index in [-0.39, 0.29) is 11.6 Å². The number of rotatable bonds is 2. The first kappa shape index (κ1) is 17.1. The van der Waals surface area contributed by atoms with Crippen molar-refractivity contribution in [3.63, 3.8) is 0 Å². The number of fused-ring (bicyclic) bond motifs is 1. The number of aromatic nitrogens is 2. The monoisotopic (exact) mass is 341 g/mol. The highest BCUT2D eigenvalue weighted by Crippen LogP contribution is 2.34. The highest BCUT2D eigenvalue weighted by Gasteiger charge is 2.49. The zero-order valence-electron chi connectivity index (χ0n) is 12.7. The molecule has 2 rings (SSSR count). The minimum Gasteiger partial charge on any atom is -0.353 e. The van der Waals surface area contributed by atoms with Gasteiger partial charge < -0.3 is 4.18 Å². The number of nitrogens with zero attached hydrogens (tertiary/aromatic N) is 2. The molecule has 1 aliphatic heterocycles. The van der Waals surface area contributed by atoms with Gasteiger partial charge in [0.25, 0.3) is 5.88 Å². The van der Waals surface area contributed by atoms with Crippen molar-refractivity contribution in [3.8, 4) is 5.88 Å². The lowest BCUT2D eigenvalue weighted by atomic mass is 9.94. The first-order valence-electron chi connectivity index (χ1n) is 6.66. The lowest BCUT2D eigenvalue weighted by molar-refractivity contribution is -0.0501. The summed E-state index contributed by atoms with van der Waals surface area (Å²) < 4.78 is 63.5. The van der Waals surface area contributed by atoms with Crippen LogP contribution in [0.2, 0.25) is 0 Å². The molecule has 22 heavy (non-hydrogen) atoms. The Balaban J connectivity index is 2.30. The first-order chi connectivity index (χ1) is 9.83. The van der Waals surface area contributed by atoms with Crippen molar-refractivity contribution in [2.75, 3.05) is 0 Å². The smallest absolute Gasteiger partial charge is 0.353 e. The summed E-state index contributed by atoms with van der Waals surface area (Å²) in [5.41, 5.74) is -4.67. The standard InChI is InChI=1S/C12H18F3N3O3S/c1-7-5-8-9(6-18(7)11(2,3)4)16-17-10(8)21-22(19,20)12(13,14)15/h7H,5-6H2,1-4H3,(H,16,17). The molecule has 0 amide bonds. The zero-order chi connectivity index (χ0) is 16.9. The van der Waals surface area contributed by atoms with Crippen molar-refractivity contribution in [1.82, 2.24) is 15.1 Å². The average molecular weight is 341 g/mol. The lowest BCUT2D eigenvalue weighted by Crippen LogP contribution is -2.49. The van der Waals surface area contributed by atoms with Crippen LogP contribution in [0, 0.1) is 0 Å². The SMILES string of the molecule is CC1Cc2c(OS(=O)(=O)C(F)(F)F)n[nH]c2CN1C(C)(C)C. The summed E-state index contributed by atoms with van der Waals surface area (Å²) in [6, 6.07) is 0.0149. The van der Waals surface area contributed by atoms with Gasteiger partial charge in [-0.1, -0.05) is 0 Å². The van der Waals surface area contributed by atoms with Crippen molar-refractivity contribution in [2.24, 2.45) is 0 Å². The van der Waals surface area contributed by atoms with Gasteiger partial charge in [0.1, 0.15) is 0 Å². The largest absolute Gasteiger partial charge is 0.534 e. The predicted molar refractivity (Wildman–Crippen MR) is 72.7 cm³/mol. The molecule has 0 spiro atoms. The van der Waals surface area contributed by atoms with Crippen LogP contribution in [0.1, 0.15) is 39.0 Å². The predicted octanol–water partition coefficient (Wildman–Crippen LogP) is 2.18. The molecule has 1 aromatic heterocycles. The third kappa shape index (κ3) is 3.07. The topological polar surface area (TPSA) is 75.3 Å². The maximum absolute atomic E-state index is 12.4. The molecule has 1 unspecified atom stereocenters. The van der Waals surface area contributed by atoms with Crippen molar-refractivity contribution < 1.29 is 25.8 Å². The van der Waals surface area contributed by atoms with Gasteiger partial charge in [-0.2, -0.15) is 21.6 Å². The summed E-state index contributed by atoms with van der Waals surface area (Å²) in [5.74, 6) is -0.521. The Morgan fingerprint density at radius 3 is 2.41 bits per heavy atom.